The zero-order chi connectivity index (χ0) is 0. The molecule has 0 aromatic heterocycles. The number of rotatable bonds is 0. The Morgan fingerprint density at radius 2 is 1.00 bits per heavy atom. The first kappa shape index (κ1) is 32.5. The largest absolute Gasteiger partial charge is 0 e. The third-order valence-electron chi connectivity index (χ3n) is 0. The predicted molar refractivity (Wildman–Crippen MR) is 22.1 cm³/mol. The van der Waals surface area contributed by atoms with E-state index in [9.17, 15) is 0 Å². The molecule has 0 saturated carbocycles. The summed E-state index contributed by atoms with van der Waals surface area (Å²) in [6, 6.07) is 0. The summed E-state index contributed by atoms with van der Waals surface area (Å²) in [6.07, 6.45) is 0. The summed E-state index contributed by atoms with van der Waals surface area (Å²) in [7, 11) is 0. The van der Waals surface area contributed by atoms with E-state index >= 15 is 0 Å². The molecular weight excluding hydrogens is 156 g/mol. The Morgan fingerprint density at radius 3 is 1.00 bits per heavy atom. The van der Waals surface area contributed by atoms with Crippen molar-refractivity contribution in [2.45, 2.75) is 0 Å². The summed E-state index contributed by atoms with van der Waals surface area (Å²) >= 11 is 0. The molecule has 4 heavy (non-hydrogen) atoms. The Bertz CT molecular complexity index is 8.00. The van der Waals surface area contributed by atoms with E-state index in [1.165, 1.54) is 0 Å². The van der Waals surface area contributed by atoms with E-state index in [-0.39, 0.29) is 84.3 Å². The Hall–Kier alpha value is 2.39. The topological polar surface area (TPSA) is 31.5 Å². The van der Waals surface area contributed by atoms with Crippen LogP contribution in [0, 0.1) is 0 Å². The minimum absolute atomic E-state index is 0. The van der Waals surface area contributed by atoms with Crippen molar-refractivity contribution in [3.8, 4) is 0 Å². The van der Waals surface area contributed by atoms with Crippen molar-refractivity contribution in [1.29, 1.82) is 0 Å². The molecule has 1 radical (unpaired) electrons. The molecule has 0 heterocycles. The third-order valence-corrected chi connectivity index (χ3v) is 0. The Morgan fingerprint density at radius 1 is 1.00 bits per heavy atom. The molecule has 0 saturated heterocycles. The van der Waals surface area contributed by atoms with Gasteiger partial charge in [-0.1, -0.05) is 0 Å². The van der Waals surface area contributed by atoms with E-state index in [0.717, 1.165) is 0 Å². The van der Waals surface area contributed by atoms with Crippen LogP contribution in [-0.2, 0) is 32.7 Å². The summed E-state index contributed by atoms with van der Waals surface area (Å²) in [5.74, 6) is 0. The molecule has 4 heteroatoms. The monoisotopic (exact) mass is 163 g/mol. The van der Waals surface area contributed by atoms with Gasteiger partial charge < -0.3 is 5.48 Å². The molecule has 0 spiro atoms. The summed E-state index contributed by atoms with van der Waals surface area (Å²) in [6.45, 7) is 0. The fraction of sp³-hybridized carbons (Fsp3) is 0. The molecule has 0 aliphatic heterocycles. The van der Waals surface area contributed by atoms with Crippen LogP contribution in [0.15, 0.2) is 0 Å². The van der Waals surface area contributed by atoms with Crippen LogP contribution in [0.1, 0.15) is 0 Å². The Kier molecular flexibility index (Phi) is 148. The van der Waals surface area contributed by atoms with Gasteiger partial charge in [0.1, 0.15) is 0 Å². The summed E-state index contributed by atoms with van der Waals surface area (Å²) in [5, 5.41) is 0. The molecule has 0 bridgehead atoms. The third kappa shape index (κ3) is 8.83. The first-order chi connectivity index (χ1) is 0. The van der Waals surface area contributed by atoms with Crippen LogP contribution in [0.25, 0.3) is 0 Å². The van der Waals surface area contributed by atoms with Crippen LogP contribution in [0.3, 0.4) is 0 Å². The standard InChI is InChI=1S/BH3.Ca.H2O.Y.2H/h1H3;;1H2;;;. The molecule has 0 atom stereocenters. The zero-order valence-corrected chi connectivity index (χ0v) is 3.92. The fourth-order valence-corrected chi connectivity index (χ4v) is 0. The van der Waals surface area contributed by atoms with E-state index in [2.05, 4.69) is 0 Å². The van der Waals surface area contributed by atoms with Crippen LogP contribution in [-0.4, -0.2) is 51.6 Å². The Balaban J connectivity index is 0. The van der Waals surface area contributed by atoms with Gasteiger partial charge in [-0.15, -0.1) is 0 Å². The predicted octanol–water partition coefficient (Wildman–Crippen LogP) is -2.93. The van der Waals surface area contributed by atoms with Crippen molar-refractivity contribution < 1.29 is 38.2 Å². The van der Waals surface area contributed by atoms with Crippen molar-refractivity contribution in [3.63, 3.8) is 0 Å². The van der Waals surface area contributed by atoms with Crippen molar-refractivity contribution in [3.05, 3.63) is 0 Å². The first-order valence-corrected chi connectivity index (χ1v) is 0. The van der Waals surface area contributed by atoms with Crippen molar-refractivity contribution in [2.75, 3.05) is 0 Å². The minimum atomic E-state index is 0. The normalized spacial score (nSPS) is 0. The van der Waals surface area contributed by atoms with Gasteiger partial charge in [-0.05, 0) is 0 Å². The maximum atomic E-state index is 0. The second-order valence-electron chi connectivity index (χ2n) is 0. The molecule has 0 aliphatic carbocycles. The molecule has 1 nitrogen and oxygen atoms in total. The number of hydrogen-bond donors (Lipinski definition) is 0. The molecule has 0 aromatic rings. The molecule has 0 amide bonds. The van der Waals surface area contributed by atoms with E-state index < -0.39 is 0 Å². The molecular formula is H7BCaOY. The summed E-state index contributed by atoms with van der Waals surface area (Å²) in [4.78, 5) is 0. The van der Waals surface area contributed by atoms with Gasteiger partial charge in [0, 0.05) is 32.7 Å². The van der Waals surface area contributed by atoms with Crippen LogP contribution >= 0.6 is 0 Å². The molecule has 0 unspecified atom stereocenters. The Labute approximate surface area is 82.7 Å². The van der Waals surface area contributed by atoms with Gasteiger partial charge in [0.2, 0.25) is 0 Å². The van der Waals surface area contributed by atoms with E-state index in [1.807, 2.05) is 0 Å². The average molecular weight is 163 g/mol. The van der Waals surface area contributed by atoms with Crippen LogP contribution in [0.5, 0.6) is 0 Å². The van der Waals surface area contributed by atoms with Crippen LogP contribution < -0.4 is 0 Å². The molecule has 0 rings (SSSR count). The van der Waals surface area contributed by atoms with Crippen molar-refractivity contribution in [2.24, 2.45) is 0 Å². The first-order valence-electron chi connectivity index (χ1n) is 0. The van der Waals surface area contributed by atoms with E-state index in [1.54, 1.807) is 0 Å². The van der Waals surface area contributed by atoms with Crippen molar-refractivity contribution in [1.82, 2.24) is 0 Å². The maximum absolute atomic E-state index is 0. The number of hydrogen-bond acceptors (Lipinski definition) is 0. The smallest absolute Gasteiger partial charge is 0 e. The van der Waals surface area contributed by atoms with Gasteiger partial charge in [-0.2, -0.15) is 0 Å². The maximum Gasteiger partial charge on any atom is 0 e. The fourth-order valence-electron chi connectivity index (χ4n) is 0. The minimum Gasteiger partial charge on any atom is 0 e. The SMILES string of the molecule is B.O.[CaH2].[Y]. The van der Waals surface area contributed by atoms with Crippen LogP contribution in [0.2, 0.25) is 0 Å². The quantitative estimate of drug-likeness (QED) is 0.342. The van der Waals surface area contributed by atoms with Crippen molar-refractivity contribution >= 4 is 46.2 Å². The molecule has 0 aliphatic rings. The van der Waals surface area contributed by atoms with Crippen LogP contribution in [0.4, 0.5) is 0 Å². The van der Waals surface area contributed by atoms with E-state index in [0.29, 0.717) is 0 Å². The molecule has 0 aromatic carbocycles. The van der Waals surface area contributed by atoms with Gasteiger partial charge in [-0.3, -0.25) is 0 Å². The van der Waals surface area contributed by atoms with Gasteiger partial charge in [0.25, 0.3) is 0 Å². The molecule has 21 valence electrons. The van der Waals surface area contributed by atoms with Gasteiger partial charge in [0.05, 0.1) is 8.41 Å². The van der Waals surface area contributed by atoms with E-state index in [4.69, 9.17) is 0 Å². The molecule has 0 fully saturated rings. The second-order valence-corrected chi connectivity index (χ2v) is 0. The zero-order valence-electron chi connectivity index (χ0n) is 1.08. The summed E-state index contributed by atoms with van der Waals surface area (Å²) < 4.78 is 0. The average Bonchev–Trinajstić information content (AvgIpc) is 0. The van der Waals surface area contributed by atoms with Gasteiger partial charge in [-0.25, -0.2) is 0 Å². The second kappa shape index (κ2) is 18.2. The molecule has 2 N–H and O–H groups in total. The van der Waals surface area contributed by atoms with Gasteiger partial charge >= 0.3 is 37.7 Å². The summed E-state index contributed by atoms with van der Waals surface area (Å²) in [5.41, 5.74) is 0. The van der Waals surface area contributed by atoms with Gasteiger partial charge in [0.15, 0.2) is 0 Å².